The second-order valence-corrected chi connectivity index (χ2v) is 7.53. The molecule has 0 bridgehead atoms. The number of hydrogen-bond donors (Lipinski definition) is 1. The van der Waals surface area contributed by atoms with E-state index in [1.807, 2.05) is 55.5 Å². The molecule has 4 rings (SSSR count). The zero-order valence-electron chi connectivity index (χ0n) is 14.9. The number of halogens is 1. The van der Waals surface area contributed by atoms with E-state index >= 15 is 0 Å². The molecule has 138 valence electrons. The van der Waals surface area contributed by atoms with Crippen molar-refractivity contribution in [2.24, 2.45) is 0 Å². The van der Waals surface area contributed by atoms with E-state index in [9.17, 15) is 4.79 Å². The lowest BCUT2D eigenvalue weighted by Crippen LogP contribution is -2.34. The Balaban J connectivity index is 1.50. The van der Waals surface area contributed by atoms with Crippen molar-refractivity contribution in [3.8, 4) is 11.4 Å². The zero-order chi connectivity index (χ0) is 18.8. The molecule has 1 saturated heterocycles. The summed E-state index contributed by atoms with van der Waals surface area (Å²) in [7, 11) is 0. The van der Waals surface area contributed by atoms with Gasteiger partial charge in [0.25, 0.3) is 0 Å². The van der Waals surface area contributed by atoms with Gasteiger partial charge < -0.3 is 14.7 Å². The molecular formula is C20H19BrN4O2. The summed E-state index contributed by atoms with van der Waals surface area (Å²) >= 11 is 3.39. The molecule has 2 heterocycles. The van der Waals surface area contributed by atoms with Crippen LogP contribution in [0.15, 0.2) is 57.5 Å². The molecule has 1 aliphatic heterocycles. The van der Waals surface area contributed by atoms with E-state index in [4.69, 9.17) is 4.52 Å². The van der Waals surface area contributed by atoms with Crippen molar-refractivity contribution in [3.63, 3.8) is 0 Å². The second-order valence-electron chi connectivity index (χ2n) is 6.61. The molecule has 1 fully saturated rings. The zero-order valence-corrected chi connectivity index (χ0v) is 16.4. The van der Waals surface area contributed by atoms with Gasteiger partial charge in [0.05, 0.1) is 0 Å². The summed E-state index contributed by atoms with van der Waals surface area (Å²) in [5.74, 6) is 1.03. The third-order valence-electron chi connectivity index (χ3n) is 4.65. The molecule has 6 nitrogen and oxygen atoms in total. The van der Waals surface area contributed by atoms with Crippen LogP contribution in [0.3, 0.4) is 0 Å². The first-order valence-electron chi connectivity index (χ1n) is 8.84. The monoisotopic (exact) mass is 426 g/mol. The van der Waals surface area contributed by atoms with E-state index in [1.54, 1.807) is 4.90 Å². The van der Waals surface area contributed by atoms with Crippen molar-refractivity contribution in [1.82, 2.24) is 15.0 Å². The lowest BCUT2D eigenvalue weighted by atomic mass is 10.1. The molecule has 1 aromatic heterocycles. The van der Waals surface area contributed by atoms with Gasteiger partial charge in [-0.25, -0.2) is 4.79 Å². The molecule has 7 heteroatoms. The molecule has 1 atom stereocenters. The van der Waals surface area contributed by atoms with Crippen molar-refractivity contribution in [2.75, 3.05) is 11.9 Å². The van der Waals surface area contributed by atoms with Gasteiger partial charge in [-0.15, -0.1) is 0 Å². The van der Waals surface area contributed by atoms with E-state index < -0.39 is 0 Å². The molecular weight excluding hydrogens is 408 g/mol. The van der Waals surface area contributed by atoms with E-state index in [0.29, 0.717) is 18.3 Å². The lowest BCUT2D eigenvalue weighted by molar-refractivity contribution is 0.193. The number of urea groups is 1. The number of nitrogens with zero attached hydrogens (tertiary/aromatic N) is 3. The standard InChI is InChI=1S/C20H19BrN4O2/c1-13-4-6-14(7-5-13)18-23-19(27-24-18)17-3-2-12-25(17)20(26)22-16-10-8-15(21)9-11-16/h4-11,17H,2-3,12H2,1H3,(H,22,26). The number of anilines is 1. The Morgan fingerprint density at radius 3 is 2.67 bits per heavy atom. The number of rotatable bonds is 3. The third kappa shape index (κ3) is 3.88. The van der Waals surface area contributed by atoms with E-state index in [1.165, 1.54) is 5.56 Å². The Morgan fingerprint density at radius 1 is 1.19 bits per heavy atom. The van der Waals surface area contributed by atoms with Gasteiger partial charge in [0.2, 0.25) is 11.7 Å². The fraction of sp³-hybridized carbons (Fsp3) is 0.250. The molecule has 0 spiro atoms. The normalized spacial score (nSPS) is 16.5. The molecule has 0 aliphatic carbocycles. The number of aryl methyl sites for hydroxylation is 1. The number of carbonyl (C=O) groups is 1. The number of carbonyl (C=O) groups excluding carboxylic acids is 1. The van der Waals surface area contributed by atoms with Gasteiger partial charge in [-0.05, 0) is 44.0 Å². The highest BCUT2D eigenvalue weighted by Crippen LogP contribution is 2.32. The average Bonchev–Trinajstić information content (AvgIpc) is 3.33. The maximum absolute atomic E-state index is 12.7. The Hall–Kier alpha value is -2.67. The Bertz CT molecular complexity index is 937. The summed E-state index contributed by atoms with van der Waals surface area (Å²) in [6.07, 6.45) is 1.71. The number of amides is 2. The van der Waals surface area contributed by atoms with Crippen molar-refractivity contribution in [1.29, 1.82) is 0 Å². The van der Waals surface area contributed by atoms with E-state index in [0.717, 1.165) is 28.6 Å². The third-order valence-corrected chi connectivity index (χ3v) is 5.17. The molecule has 2 amide bonds. The van der Waals surface area contributed by atoms with Gasteiger partial charge in [0.15, 0.2) is 0 Å². The first-order valence-corrected chi connectivity index (χ1v) is 9.63. The maximum Gasteiger partial charge on any atom is 0.322 e. The first-order chi connectivity index (χ1) is 13.1. The minimum absolute atomic E-state index is 0.157. The predicted molar refractivity (Wildman–Crippen MR) is 106 cm³/mol. The van der Waals surface area contributed by atoms with Crippen LogP contribution in [0.4, 0.5) is 10.5 Å². The molecule has 1 aliphatic rings. The van der Waals surface area contributed by atoms with Gasteiger partial charge in [-0.2, -0.15) is 4.98 Å². The smallest absolute Gasteiger partial charge is 0.322 e. The highest BCUT2D eigenvalue weighted by atomic mass is 79.9. The van der Waals surface area contributed by atoms with Crippen LogP contribution in [0.2, 0.25) is 0 Å². The van der Waals surface area contributed by atoms with Crippen LogP contribution in [-0.2, 0) is 0 Å². The number of hydrogen-bond acceptors (Lipinski definition) is 4. The van der Waals surface area contributed by atoms with Gasteiger partial charge in [0, 0.05) is 22.3 Å². The van der Waals surface area contributed by atoms with Crippen LogP contribution in [0, 0.1) is 6.92 Å². The molecule has 27 heavy (non-hydrogen) atoms. The summed E-state index contributed by atoms with van der Waals surface area (Å²) in [5, 5.41) is 7.03. The Morgan fingerprint density at radius 2 is 1.93 bits per heavy atom. The van der Waals surface area contributed by atoms with Gasteiger partial charge in [-0.1, -0.05) is 50.9 Å². The summed E-state index contributed by atoms with van der Waals surface area (Å²) in [4.78, 5) is 19.0. The van der Waals surface area contributed by atoms with Crippen molar-refractivity contribution in [3.05, 3.63) is 64.5 Å². The number of benzene rings is 2. The molecule has 1 N–H and O–H groups in total. The first kappa shape index (κ1) is 17.7. The SMILES string of the molecule is Cc1ccc(-c2noc(C3CCCN3C(=O)Nc3ccc(Br)cc3)n2)cc1. The van der Waals surface area contributed by atoms with Crippen molar-refractivity contribution < 1.29 is 9.32 Å². The van der Waals surface area contributed by atoms with Crippen molar-refractivity contribution >= 4 is 27.6 Å². The molecule has 1 unspecified atom stereocenters. The largest absolute Gasteiger partial charge is 0.337 e. The fourth-order valence-electron chi connectivity index (χ4n) is 3.19. The van der Waals surface area contributed by atoms with Crippen LogP contribution in [0.5, 0.6) is 0 Å². The van der Waals surface area contributed by atoms with Crippen molar-refractivity contribution in [2.45, 2.75) is 25.8 Å². The van der Waals surface area contributed by atoms with Crippen LogP contribution < -0.4 is 5.32 Å². The fourth-order valence-corrected chi connectivity index (χ4v) is 3.45. The number of aromatic nitrogens is 2. The molecule has 2 aromatic carbocycles. The molecule has 3 aromatic rings. The van der Waals surface area contributed by atoms with Gasteiger partial charge in [0.1, 0.15) is 6.04 Å². The number of likely N-dealkylation sites (tertiary alicyclic amines) is 1. The summed E-state index contributed by atoms with van der Waals surface area (Å²) < 4.78 is 6.46. The maximum atomic E-state index is 12.7. The van der Waals surface area contributed by atoms with E-state index in [-0.39, 0.29) is 12.1 Å². The Kier molecular flexibility index (Phi) is 4.94. The summed E-state index contributed by atoms with van der Waals surface area (Å²) in [5.41, 5.74) is 2.83. The van der Waals surface area contributed by atoms with Gasteiger partial charge >= 0.3 is 6.03 Å². The van der Waals surface area contributed by atoms with Crippen LogP contribution in [-0.4, -0.2) is 27.6 Å². The average molecular weight is 427 g/mol. The predicted octanol–water partition coefficient (Wildman–Crippen LogP) is 5.18. The summed E-state index contributed by atoms with van der Waals surface area (Å²) in [6, 6.07) is 15.1. The number of nitrogens with one attached hydrogen (secondary N) is 1. The minimum Gasteiger partial charge on any atom is -0.337 e. The molecule has 0 saturated carbocycles. The van der Waals surface area contributed by atoms with Crippen LogP contribution >= 0.6 is 15.9 Å². The van der Waals surface area contributed by atoms with Gasteiger partial charge in [-0.3, -0.25) is 0 Å². The van der Waals surface area contributed by atoms with Crippen LogP contribution in [0.25, 0.3) is 11.4 Å². The minimum atomic E-state index is -0.202. The highest BCUT2D eigenvalue weighted by Gasteiger charge is 2.34. The quantitative estimate of drug-likeness (QED) is 0.626. The summed E-state index contributed by atoms with van der Waals surface area (Å²) in [6.45, 7) is 2.70. The lowest BCUT2D eigenvalue weighted by Gasteiger charge is -2.22. The topological polar surface area (TPSA) is 71.3 Å². The highest BCUT2D eigenvalue weighted by molar-refractivity contribution is 9.10. The van der Waals surface area contributed by atoms with E-state index in [2.05, 4.69) is 31.4 Å². The molecule has 0 radical (unpaired) electrons. The van der Waals surface area contributed by atoms with Crippen LogP contribution in [0.1, 0.15) is 30.3 Å². The Labute approximate surface area is 165 Å². The second kappa shape index (κ2) is 7.52.